The zero-order valence-electron chi connectivity index (χ0n) is 6.25. The van der Waals surface area contributed by atoms with Gasteiger partial charge in [0.05, 0.1) is 12.5 Å². The predicted octanol–water partition coefficient (Wildman–Crippen LogP) is -1.99. The summed E-state index contributed by atoms with van der Waals surface area (Å²) in [5, 5.41) is 27.7. The van der Waals surface area contributed by atoms with Gasteiger partial charge in [0.15, 0.2) is 0 Å². The Labute approximate surface area is 68.6 Å². The first-order chi connectivity index (χ1) is 5.61. The van der Waals surface area contributed by atoms with Crippen LogP contribution in [0.25, 0.3) is 0 Å². The third kappa shape index (κ3) is 0.872. The van der Waals surface area contributed by atoms with E-state index in [1.54, 1.807) is 0 Å². The van der Waals surface area contributed by atoms with Crippen LogP contribution in [0.3, 0.4) is 0 Å². The Morgan fingerprint density at radius 1 is 1.17 bits per heavy atom. The second kappa shape index (κ2) is 2.42. The zero-order valence-corrected chi connectivity index (χ0v) is 6.25. The first-order valence-corrected chi connectivity index (χ1v) is 3.85. The van der Waals surface area contributed by atoms with Crippen LogP contribution in [0.4, 0.5) is 0 Å². The van der Waals surface area contributed by atoms with Crippen LogP contribution in [-0.4, -0.2) is 45.7 Å². The molecule has 1 aliphatic carbocycles. The number of hydrogen-bond acceptors (Lipinski definition) is 5. The molecule has 1 saturated heterocycles. The molecule has 0 unspecified atom stereocenters. The second-order valence-electron chi connectivity index (χ2n) is 3.29. The van der Waals surface area contributed by atoms with E-state index in [0.29, 0.717) is 0 Å². The van der Waals surface area contributed by atoms with Gasteiger partial charge in [-0.3, -0.25) is 4.79 Å². The number of ether oxygens (including phenoxy) is 1. The van der Waals surface area contributed by atoms with Crippen LogP contribution in [0.1, 0.15) is 6.42 Å². The fourth-order valence-corrected chi connectivity index (χ4v) is 1.88. The first kappa shape index (κ1) is 7.97. The van der Waals surface area contributed by atoms with Gasteiger partial charge in [0, 0.05) is 5.92 Å². The molecule has 0 amide bonds. The summed E-state index contributed by atoms with van der Waals surface area (Å²) in [4.78, 5) is 10.7. The molecular formula is C7H10O5. The van der Waals surface area contributed by atoms with E-state index < -0.39 is 36.3 Å². The number of esters is 1. The number of carbonyl (C=O) groups excluding carboxylic acids is 1. The van der Waals surface area contributed by atoms with Crippen LogP contribution < -0.4 is 0 Å². The highest BCUT2D eigenvalue weighted by atomic mass is 16.6. The number of hydrogen-bond donors (Lipinski definition) is 3. The highest BCUT2D eigenvalue weighted by Crippen LogP contribution is 2.37. The number of rotatable bonds is 0. The Kier molecular flexibility index (Phi) is 1.61. The molecule has 3 N–H and O–H groups in total. The second-order valence-corrected chi connectivity index (χ2v) is 3.29. The molecule has 0 radical (unpaired) electrons. The van der Waals surface area contributed by atoms with Crippen molar-refractivity contribution in [1.82, 2.24) is 0 Å². The van der Waals surface area contributed by atoms with E-state index >= 15 is 0 Å². The van der Waals surface area contributed by atoms with Gasteiger partial charge in [-0.05, 0) is 0 Å². The maximum Gasteiger partial charge on any atom is 0.306 e. The average Bonchev–Trinajstić information content (AvgIpc) is 2.49. The SMILES string of the molecule is O=C1C[C@H]2[C@@H](O)[C@H](O)[C@@H](O)[C@H]2O1. The minimum Gasteiger partial charge on any atom is -0.459 e. The molecule has 68 valence electrons. The Morgan fingerprint density at radius 3 is 2.42 bits per heavy atom. The third-order valence-corrected chi connectivity index (χ3v) is 2.57. The number of aliphatic hydroxyl groups is 3. The number of carbonyl (C=O) groups is 1. The largest absolute Gasteiger partial charge is 0.459 e. The summed E-state index contributed by atoms with van der Waals surface area (Å²) >= 11 is 0. The van der Waals surface area contributed by atoms with Crippen molar-refractivity contribution in [3.05, 3.63) is 0 Å². The van der Waals surface area contributed by atoms with Gasteiger partial charge in [-0.25, -0.2) is 0 Å². The lowest BCUT2D eigenvalue weighted by molar-refractivity contribution is -0.147. The van der Waals surface area contributed by atoms with Crippen molar-refractivity contribution in [3.8, 4) is 0 Å². The summed E-state index contributed by atoms with van der Waals surface area (Å²) in [5.41, 5.74) is 0. The normalized spacial score (nSPS) is 52.2. The van der Waals surface area contributed by atoms with E-state index in [1.165, 1.54) is 0 Å². The van der Waals surface area contributed by atoms with E-state index in [1.807, 2.05) is 0 Å². The highest BCUT2D eigenvalue weighted by molar-refractivity contribution is 5.72. The monoisotopic (exact) mass is 174 g/mol. The van der Waals surface area contributed by atoms with Crippen molar-refractivity contribution in [1.29, 1.82) is 0 Å². The molecule has 2 fully saturated rings. The Morgan fingerprint density at radius 2 is 1.83 bits per heavy atom. The lowest BCUT2D eigenvalue weighted by Crippen LogP contribution is -2.33. The topological polar surface area (TPSA) is 87.0 Å². The lowest BCUT2D eigenvalue weighted by Gasteiger charge is -2.13. The molecule has 12 heavy (non-hydrogen) atoms. The lowest BCUT2D eigenvalue weighted by atomic mass is 10.0. The summed E-state index contributed by atoms with van der Waals surface area (Å²) in [6.45, 7) is 0. The molecular weight excluding hydrogens is 164 g/mol. The maximum absolute atomic E-state index is 10.7. The molecule has 5 nitrogen and oxygen atoms in total. The fourth-order valence-electron chi connectivity index (χ4n) is 1.88. The van der Waals surface area contributed by atoms with Crippen molar-refractivity contribution in [2.75, 3.05) is 0 Å². The summed E-state index contributed by atoms with van der Waals surface area (Å²) in [5.74, 6) is -0.863. The maximum atomic E-state index is 10.7. The van der Waals surface area contributed by atoms with Crippen LogP contribution in [0.2, 0.25) is 0 Å². The summed E-state index contributed by atoms with van der Waals surface area (Å²) in [6.07, 6.45) is -4.01. The molecule has 1 saturated carbocycles. The van der Waals surface area contributed by atoms with Crippen molar-refractivity contribution in [2.45, 2.75) is 30.8 Å². The van der Waals surface area contributed by atoms with Gasteiger partial charge in [0.1, 0.15) is 18.3 Å². The van der Waals surface area contributed by atoms with E-state index in [2.05, 4.69) is 0 Å². The molecule has 0 bridgehead atoms. The number of fused-ring (bicyclic) bond motifs is 1. The predicted molar refractivity (Wildman–Crippen MR) is 36.0 cm³/mol. The van der Waals surface area contributed by atoms with Crippen LogP contribution >= 0.6 is 0 Å². The Balaban J connectivity index is 2.20. The minimum atomic E-state index is -1.19. The Hall–Kier alpha value is -0.650. The average molecular weight is 174 g/mol. The quantitative estimate of drug-likeness (QED) is 0.370. The number of aliphatic hydroxyl groups excluding tert-OH is 3. The smallest absolute Gasteiger partial charge is 0.306 e. The van der Waals surface area contributed by atoms with Gasteiger partial charge in [-0.2, -0.15) is 0 Å². The van der Waals surface area contributed by atoms with Crippen molar-refractivity contribution in [2.24, 2.45) is 5.92 Å². The van der Waals surface area contributed by atoms with E-state index in [0.717, 1.165) is 0 Å². The van der Waals surface area contributed by atoms with Gasteiger partial charge in [-0.15, -0.1) is 0 Å². The molecule has 1 aliphatic heterocycles. The fraction of sp³-hybridized carbons (Fsp3) is 0.857. The molecule has 0 spiro atoms. The van der Waals surface area contributed by atoms with Crippen LogP contribution in [0, 0.1) is 5.92 Å². The van der Waals surface area contributed by atoms with Crippen LogP contribution in [0.5, 0.6) is 0 Å². The first-order valence-electron chi connectivity index (χ1n) is 3.85. The zero-order chi connectivity index (χ0) is 8.88. The van der Waals surface area contributed by atoms with Crippen LogP contribution in [0.15, 0.2) is 0 Å². The Bertz CT molecular complexity index is 196. The van der Waals surface area contributed by atoms with Crippen LogP contribution in [-0.2, 0) is 9.53 Å². The molecule has 1 heterocycles. The van der Waals surface area contributed by atoms with Gasteiger partial charge >= 0.3 is 5.97 Å². The van der Waals surface area contributed by atoms with E-state index in [4.69, 9.17) is 9.84 Å². The van der Waals surface area contributed by atoms with Gasteiger partial charge in [0.2, 0.25) is 0 Å². The molecule has 0 aromatic heterocycles. The molecule has 2 rings (SSSR count). The molecule has 2 aliphatic rings. The van der Waals surface area contributed by atoms with Gasteiger partial charge in [0.25, 0.3) is 0 Å². The van der Waals surface area contributed by atoms with Crippen molar-refractivity contribution >= 4 is 5.97 Å². The van der Waals surface area contributed by atoms with Gasteiger partial charge in [-0.1, -0.05) is 0 Å². The molecule has 5 heteroatoms. The molecule has 0 aromatic carbocycles. The van der Waals surface area contributed by atoms with Gasteiger partial charge < -0.3 is 20.1 Å². The summed E-state index contributed by atoms with van der Waals surface area (Å²) in [7, 11) is 0. The van der Waals surface area contributed by atoms with Crippen molar-refractivity contribution < 1.29 is 24.9 Å². The molecule has 0 aromatic rings. The third-order valence-electron chi connectivity index (χ3n) is 2.57. The summed E-state index contributed by atoms with van der Waals surface area (Å²) in [6, 6.07) is 0. The standard InChI is InChI=1S/C7H10O5/c8-3-1-2-4(9)5(10)6(11)7(2)12-3/h2,4-7,9-11H,1H2/t2-,4+,5-,6+,7-/m0/s1. The minimum absolute atomic E-state index is 0.0833. The molecule has 5 atom stereocenters. The van der Waals surface area contributed by atoms with E-state index in [-0.39, 0.29) is 6.42 Å². The van der Waals surface area contributed by atoms with Crippen molar-refractivity contribution in [3.63, 3.8) is 0 Å². The summed E-state index contributed by atoms with van der Waals surface area (Å²) < 4.78 is 4.73. The van der Waals surface area contributed by atoms with E-state index in [9.17, 15) is 15.0 Å². The highest BCUT2D eigenvalue weighted by Gasteiger charge is 2.55.